The van der Waals surface area contributed by atoms with Crippen molar-refractivity contribution in [2.45, 2.75) is 0 Å². The van der Waals surface area contributed by atoms with Crippen LogP contribution in [-0.4, -0.2) is 0 Å². The van der Waals surface area contributed by atoms with E-state index < -0.39 is 0 Å². The summed E-state index contributed by atoms with van der Waals surface area (Å²) in [4.78, 5) is 0. The Bertz CT molecular complexity index is 31.1. The Labute approximate surface area is 36.5 Å². The Morgan fingerprint density at radius 2 is 1.80 bits per heavy atom. The van der Waals surface area contributed by atoms with Gasteiger partial charge in [0, 0.05) is 0 Å². The van der Waals surface area contributed by atoms with Gasteiger partial charge in [0.25, 0.3) is 0 Å². The maximum Gasteiger partial charge on any atom is -0.00296 e. The molecule has 5 heavy (non-hydrogen) atoms. The third-order valence-corrected chi connectivity index (χ3v) is 0. The highest BCUT2D eigenvalue weighted by atomic mass is 35.5. The number of rotatable bonds is 0. The summed E-state index contributed by atoms with van der Waals surface area (Å²) in [5.41, 5.74) is 1.22. The van der Waals surface area contributed by atoms with Crippen molar-refractivity contribution in [2.24, 2.45) is 0 Å². The molecule has 0 radical (unpaired) electrons. The van der Waals surface area contributed by atoms with Crippen molar-refractivity contribution in [2.75, 3.05) is 0 Å². The Balaban J connectivity index is 0. The van der Waals surface area contributed by atoms with Crippen LogP contribution in [0.5, 0.6) is 0 Å². The molecule has 2 heteroatoms. The Kier molecular flexibility index (Phi) is 146. The van der Waals surface area contributed by atoms with E-state index in [0.717, 1.165) is 0 Å². The van der Waals surface area contributed by atoms with Gasteiger partial charge in [-0.3, -0.25) is 0 Å². The van der Waals surface area contributed by atoms with Gasteiger partial charge in [0.15, 0.2) is 0 Å². The molecule has 0 saturated heterocycles. The smallest absolute Gasteiger partial charge is 0.00296 e. The minimum absolute atomic E-state index is 1.22. The maximum atomic E-state index is 6.25. The molecule has 0 unspecified atom stereocenters. The molecule has 0 N–H and O–H groups in total. The van der Waals surface area contributed by atoms with Gasteiger partial charge in [-0.1, -0.05) is 18.2 Å². The van der Waals surface area contributed by atoms with Crippen molar-refractivity contribution < 1.29 is 0 Å². The number of halogens is 1. The summed E-state index contributed by atoms with van der Waals surface area (Å²) in [7, 11) is 0. The second-order valence-corrected chi connectivity index (χ2v) is 0.463. The lowest BCUT2D eigenvalue weighted by Gasteiger charge is -1.27. The average Bonchev–Trinajstić information content (AvgIpc) is 1.46. The second-order valence-electron chi connectivity index (χ2n) is 0.154. The monoisotopic (exact) mass is 88.0 g/mol. The number of hydrogen-bond donors (Lipinski definition) is 0. The third-order valence-electron chi connectivity index (χ3n) is 0. The molecule has 0 aliphatic rings. The van der Waals surface area contributed by atoms with Crippen LogP contribution in [0.2, 0.25) is 0 Å². The lowest BCUT2D eigenvalue weighted by atomic mass is 11.3. The van der Waals surface area contributed by atoms with Crippen molar-refractivity contribution in [1.82, 2.24) is 0 Å². The van der Waals surface area contributed by atoms with Crippen LogP contribution in [0.4, 0.5) is 0 Å². The quantitative estimate of drug-likeness (QED) is 0.411. The van der Waals surface area contributed by atoms with Gasteiger partial charge < -0.3 is 11.8 Å². The van der Waals surface area contributed by atoms with Crippen LogP contribution < -0.4 is 0 Å². The molecular formula is C3H3ClN-. The van der Waals surface area contributed by atoms with E-state index in [-0.39, 0.29) is 0 Å². The van der Waals surface area contributed by atoms with Crippen LogP contribution in [-0.2, 0) is 0 Å². The van der Waals surface area contributed by atoms with Gasteiger partial charge >= 0.3 is 0 Å². The van der Waals surface area contributed by atoms with E-state index >= 15 is 0 Å². The molecule has 0 atom stereocenters. The van der Waals surface area contributed by atoms with Gasteiger partial charge in [-0.2, -0.15) is 0 Å². The van der Waals surface area contributed by atoms with Gasteiger partial charge in [0.1, 0.15) is 0 Å². The third kappa shape index (κ3) is 35.3. The zero-order valence-electron chi connectivity index (χ0n) is 2.61. The molecule has 0 fully saturated rings. The van der Waals surface area contributed by atoms with Crippen LogP contribution in [0.3, 0.4) is 0 Å². The van der Waals surface area contributed by atoms with Crippen LogP contribution in [0.1, 0.15) is 0 Å². The standard InChI is InChI=1S/C2H3Cl.CN/c1-2-3;1-2/h2H,1H2;/q;-1. The Hall–Kier alpha value is -0.480. The molecule has 0 bridgehead atoms. The summed E-state index contributed by atoms with van der Waals surface area (Å²) in [5, 5.41) is 6.25. The summed E-state index contributed by atoms with van der Waals surface area (Å²) < 4.78 is 0. The molecule has 1 nitrogen and oxygen atoms in total. The van der Waals surface area contributed by atoms with E-state index in [0.29, 0.717) is 0 Å². The second kappa shape index (κ2) is 82.7. The molecule has 0 aromatic rings. The van der Waals surface area contributed by atoms with Crippen molar-refractivity contribution in [1.29, 1.82) is 5.26 Å². The van der Waals surface area contributed by atoms with Gasteiger partial charge in [-0.05, 0) is 5.54 Å². The number of nitrogens with zero attached hydrogens (tertiary/aromatic N) is 1. The van der Waals surface area contributed by atoms with Crippen LogP contribution in [0, 0.1) is 11.8 Å². The summed E-state index contributed by atoms with van der Waals surface area (Å²) in [6.45, 7) is 7.88. The Morgan fingerprint density at radius 3 is 1.80 bits per heavy atom. The summed E-state index contributed by atoms with van der Waals surface area (Å²) >= 11 is 4.76. The highest BCUT2D eigenvalue weighted by molar-refractivity contribution is 6.25. The normalized spacial score (nSPS) is 3.00. The van der Waals surface area contributed by atoms with Gasteiger partial charge in [0.05, 0.1) is 0 Å². The van der Waals surface area contributed by atoms with E-state index in [1.165, 1.54) is 5.54 Å². The molecule has 0 rings (SSSR count). The molecule has 0 aromatic heterocycles. The predicted octanol–water partition coefficient (Wildman–Crippen LogP) is 1.47. The largest absolute Gasteiger partial charge is 0.512 e. The van der Waals surface area contributed by atoms with Crippen LogP contribution >= 0.6 is 11.6 Å². The van der Waals surface area contributed by atoms with Crippen LogP contribution in [0.25, 0.3) is 0 Å². The van der Waals surface area contributed by atoms with E-state index in [9.17, 15) is 0 Å². The molecule has 28 valence electrons. The highest BCUT2D eigenvalue weighted by Gasteiger charge is 1.18. The predicted molar refractivity (Wildman–Crippen MR) is 21.0 cm³/mol. The SMILES string of the molecule is C=CCl.[C-]#N. The van der Waals surface area contributed by atoms with Crippen molar-refractivity contribution >= 4 is 11.6 Å². The Morgan fingerprint density at radius 1 is 1.80 bits per heavy atom. The van der Waals surface area contributed by atoms with E-state index in [4.69, 9.17) is 23.4 Å². The first-order chi connectivity index (χ1) is 2.41. The molecule has 0 heterocycles. The molecule has 0 amide bonds. The van der Waals surface area contributed by atoms with Crippen molar-refractivity contribution in [3.63, 3.8) is 0 Å². The number of hydrogen-bond acceptors (Lipinski definition) is 1. The fourth-order valence-corrected chi connectivity index (χ4v) is 0. The average molecular weight is 88.5 g/mol. The first-order valence-corrected chi connectivity index (χ1v) is 1.29. The first kappa shape index (κ1) is 8.82. The fourth-order valence-electron chi connectivity index (χ4n) is 0. The zero-order chi connectivity index (χ0) is 4.71. The topological polar surface area (TPSA) is 23.8 Å². The summed E-state index contributed by atoms with van der Waals surface area (Å²) in [6, 6.07) is 0. The van der Waals surface area contributed by atoms with Gasteiger partial charge in [-0.15, -0.1) is 0 Å². The lowest BCUT2D eigenvalue weighted by molar-refractivity contribution is 1.53. The van der Waals surface area contributed by atoms with Crippen molar-refractivity contribution in [3.05, 3.63) is 18.7 Å². The van der Waals surface area contributed by atoms with E-state index in [1.807, 2.05) is 0 Å². The van der Waals surface area contributed by atoms with E-state index in [1.54, 1.807) is 0 Å². The van der Waals surface area contributed by atoms with Gasteiger partial charge in [-0.25, -0.2) is 0 Å². The van der Waals surface area contributed by atoms with E-state index in [2.05, 4.69) is 6.58 Å². The van der Waals surface area contributed by atoms with Crippen LogP contribution in [0.15, 0.2) is 12.1 Å². The molecule has 0 spiro atoms. The summed E-state index contributed by atoms with van der Waals surface area (Å²) in [6.07, 6.45) is 0. The molecule has 0 saturated carbocycles. The summed E-state index contributed by atoms with van der Waals surface area (Å²) in [5.74, 6) is 0. The first-order valence-electron chi connectivity index (χ1n) is 0.850. The zero-order valence-corrected chi connectivity index (χ0v) is 3.37. The van der Waals surface area contributed by atoms with Crippen molar-refractivity contribution in [3.8, 4) is 0 Å². The fraction of sp³-hybridized carbons (Fsp3) is 0. The minimum atomic E-state index is 1.22. The molecule has 0 aliphatic carbocycles. The van der Waals surface area contributed by atoms with Gasteiger partial charge in [0.2, 0.25) is 0 Å². The lowest BCUT2D eigenvalue weighted by Crippen LogP contribution is -0.926. The maximum absolute atomic E-state index is 6.25. The highest BCUT2D eigenvalue weighted by Crippen LogP contribution is 1.60. The molecule has 0 aliphatic heterocycles. The molecular weight excluding hydrogens is 85.5 g/mol. The molecule has 0 aromatic carbocycles. The minimum Gasteiger partial charge on any atom is -0.512 e.